The van der Waals surface area contributed by atoms with Gasteiger partial charge in [0.15, 0.2) is 0 Å². The molecule has 2 fully saturated rings. The molecular weight excluding hydrogens is 368 g/mol. The van der Waals surface area contributed by atoms with Crippen LogP contribution >= 0.6 is 0 Å². The Kier molecular flexibility index (Phi) is 7.55. The number of hydrogen-bond acceptors (Lipinski definition) is 4. The van der Waals surface area contributed by atoms with Crippen LogP contribution in [-0.4, -0.2) is 52.8 Å². The molecule has 0 aliphatic carbocycles. The van der Waals surface area contributed by atoms with Gasteiger partial charge in [-0.25, -0.2) is 9.59 Å². The van der Waals surface area contributed by atoms with Crippen molar-refractivity contribution in [1.29, 1.82) is 0 Å². The zero-order chi connectivity index (χ0) is 21.7. The molecule has 0 saturated carbocycles. The molecule has 0 bridgehead atoms. The van der Waals surface area contributed by atoms with Crippen molar-refractivity contribution in [1.82, 2.24) is 9.80 Å². The Balaban J connectivity index is 0.00000145. The van der Waals surface area contributed by atoms with Crippen LogP contribution in [0.5, 0.6) is 0 Å². The molecule has 6 heteroatoms. The van der Waals surface area contributed by atoms with Gasteiger partial charge in [0.1, 0.15) is 11.2 Å². The van der Waals surface area contributed by atoms with Gasteiger partial charge >= 0.3 is 12.2 Å². The molecule has 2 unspecified atom stereocenters. The lowest BCUT2D eigenvalue weighted by molar-refractivity contribution is 0.0217. The summed E-state index contributed by atoms with van der Waals surface area (Å²) in [4.78, 5) is 28.5. The van der Waals surface area contributed by atoms with E-state index in [2.05, 4.69) is 0 Å². The number of ether oxygens (including phenoxy) is 2. The van der Waals surface area contributed by atoms with Crippen molar-refractivity contribution >= 4 is 12.2 Å². The number of likely N-dealkylation sites (tertiary alicyclic amines) is 1. The molecule has 0 aromatic heterocycles. The summed E-state index contributed by atoms with van der Waals surface area (Å²) in [5.41, 5.74) is 0.0650. The van der Waals surface area contributed by atoms with Crippen LogP contribution in [0.1, 0.15) is 72.4 Å². The Morgan fingerprint density at radius 2 is 1.79 bits per heavy atom. The molecule has 29 heavy (non-hydrogen) atoms. The maximum atomic E-state index is 12.6. The predicted octanol–water partition coefficient (Wildman–Crippen LogP) is 5.39. The molecule has 1 aromatic carbocycles. The average molecular weight is 405 g/mol. The normalized spacial score (nSPS) is 23.0. The third-order valence-corrected chi connectivity index (χ3v) is 5.30. The maximum Gasteiger partial charge on any atom is 0.411 e. The summed E-state index contributed by atoms with van der Waals surface area (Å²) in [6, 6.07) is 9.95. The molecule has 2 atom stereocenters. The molecule has 2 heterocycles. The zero-order valence-electron chi connectivity index (χ0n) is 18.7. The van der Waals surface area contributed by atoms with Crippen LogP contribution in [0.4, 0.5) is 9.59 Å². The van der Waals surface area contributed by atoms with Gasteiger partial charge in [-0.2, -0.15) is 0 Å². The first-order valence-corrected chi connectivity index (χ1v) is 10.7. The fraction of sp³-hybridized carbons (Fsp3) is 0.652. The minimum Gasteiger partial charge on any atom is -0.444 e. The molecule has 2 aliphatic heterocycles. The molecule has 1 spiro atoms. The van der Waals surface area contributed by atoms with Crippen molar-refractivity contribution in [2.24, 2.45) is 0 Å². The van der Waals surface area contributed by atoms with Gasteiger partial charge in [0, 0.05) is 19.5 Å². The average Bonchev–Trinajstić information content (AvgIpc) is 2.86. The van der Waals surface area contributed by atoms with E-state index in [0.29, 0.717) is 26.1 Å². The number of hydrogen-bond donors (Lipinski definition) is 0. The van der Waals surface area contributed by atoms with Crippen molar-refractivity contribution in [2.75, 3.05) is 19.6 Å². The SMILES string of the molecule is CC.CC(c1ccccc1)N1CC2(CCCN(C(=O)OC(C)(C)C)CC2)OC1=O. The van der Waals surface area contributed by atoms with Gasteiger partial charge < -0.3 is 14.4 Å². The summed E-state index contributed by atoms with van der Waals surface area (Å²) in [5, 5.41) is 0. The fourth-order valence-electron chi connectivity index (χ4n) is 3.79. The highest BCUT2D eigenvalue weighted by Gasteiger charge is 2.47. The number of amides is 2. The van der Waals surface area contributed by atoms with E-state index in [1.165, 1.54) is 0 Å². The van der Waals surface area contributed by atoms with E-state index < -0.39 is 11.2 Å². The third kappa shape index (κ3) is 5.87. The molecular formula is C23H36N2O4. The summed E-state index contributed by atoms with van der Waals surface area (Å²) >= 11 is 0. The van der Waals surface area contributed by atoms with Crippen molar-refractivity contribution in [3.8, 4) is 0 Å². The second kappa shape index (κ2) is 9.51. The van der Waals surface area contributed by atoms with Gasteiger partial charge in [-0.3, -0.25) is 4.90 Å². The molecule has 2 saturated heterocycles. The van der Waals surface area contributed by atoms with Crippen molar-refractivity contribution in [3.63, 3.8) is 0 Å². The number of carbonyl (C=O) groups is 2. The molecule has 3 rings (SSSR count). The van der Waals surface area contributed by atoms with Crippen LogP contribution in [0.2, 0.25) is 0 Å². The lowest BCUT2D eigenvalue weighted by Gasteiger charge is -2.28. The first-order valence-electron chi connectivity index (χ1n) is 10.7. The minimum atomic E-state index is -0.517. The molecule has 2 aliphatic rings. The summed E-state index contributed by atoms with van der Waals surface area (Å²) in [6.07, 6.45) is 1.63. The highest BCUT2D eigenvalue weighted by atomic mass is 16.6. The second-order valence-electron chi connectivity index (χ2n) is 8.59. The van der Waals surface area contributed by atoms with E-state index in [1.54, 1.807) is 9.80 Å². The van der Waals surface area contributed by atoms with Crippen LogP contribution in [0, 0.1) is 0 Å². The highest BCUT2D eigenvalue weighted by Crippen LogP contribution is 2.37. The van der Waals surface area contributed by atoms with E-state index in [0.717, 1.165) is 18.4 Å². The standard InChI is InChI=1S/C21H30N2O4.C2H6/c1-16(17-9-6-5-7-10-17)23-15-21(27-19(23)25)11-8-13-22(14-12-21)18(24)26-20(2,3)4;1-2/h5-7,9-10,16H,8,11-15H2,1-4H3;1-2H3. The summed E-state index contributed by atoms with van der Waals surface area (Å²) in [5.74, 6) is 0. The Bertz CT molecular complexity index is 686. The van der Waals surface area contributed by atoms with Gasteiger partial charge in [-0.05, 0) is 46.1 Å². The Morgan fingerprint density at radius 1 is 1.14 bits per heavy atom. The van der Waals surface area contributed by atoms with Crippen LogP contribution in [0.25, 0.3) is 0 Å². The number of carbonyl (C=O) groups excluding carboxylic acids is 2. The summed E-state index contributed by atoms with van der Waals surface area (Å²) in [6.45, 7) is 13.4. The molecule has 0 radical (unpaired) electrons. The third-order valence-electron chi connectivity index (χ3n) is 5.30. The van der Waals surface area contributed by atoms with E-state index >= 15 is 0 Å². The zero-order valence-corrected chi connectivity index (χ0v) is 18.7. The van der Waals surface area contributed by atoms with E-state index in [-0.39, 0.29) is 18.2 Å². The van der Waals surface area contributed by atoms with E-state index in [4.69, 9.17) is 9.47 Å². The Labute approximate surface area is 175 Å². The molecule has 2 amide bonds. The lowest BCUT2D eigenvalue weighted by Crippen LogP contribution is -2.39. The van der Waals surface area contributed by atoms with Crippen LogP contribution in [0.3, 0.4) is 0 Å². The molecule has 0 N–H and O–H groups in total. The second-order valence-corrected chi connectivity index (χ2v) is 8.59. The maximum absolute atomic E-state index is 12.6. The predicted molar refractivity (Wildman–Crippen MR) is 114 cm³/mol. The Morgan fingerprint density at radius 3 is 2.41 bits per heavy atom. The quantitative estimate of drug-likeness (QED) is 0.663. The number of rotatable bonds is 2. The first-order chi connectivity index (χ1) is 13.7. The highest BCUT2D eigenvalue weighted by molar-refractivity contribution is 5.71. The summed E-state index contributed by atoms with van der Waals surface area (Å²) in [7, 11) is 0. The molecule has 6 nitrogen and oxygen atoms in total. The van der Waals surface area contributed by atoms with Crippen LogP contribution in [-0.2, 0) is 9.47 Å². The van der Waals surface area contributed by atoms with E-state index in [9.17, 15) is 9.59 Å². The van der Waals surface area contributed by atoms with Crippen LogP contribution < -0.4 is 0 Å². The van der Waals surface area contributed by atoms with Gasteiger partial charge in [0.05, 0.1) is 12.6 Å². The van der Waals surface area contributed by atoms with Gasteiger partial charge in [0.2, 0.25) is 0 Å². The van der Waals surface area contributed by atoms with E-state index in [1.807, 2.05) is 71.9 Å². The summed E-state index contributed by atoms with van der Waals surface area (Å²) < 4.78 is 11.4. The topological polar surface area (TPSA) is 59.1 Å². The molecule has 1 aromatic rings. The number of nitrogens with zero attached hydrogens (tertiary/aromatic N) is 2. The minimum absolute atomic E-state index is 0.0386. The largest absolute Gasteiger partial charge is 0.444 e. The first kappa shape index (κ1) is 23.0. The molecule has 162 valence electrons. The lowest BCUT2D eigenvalue weighted by atomic mass is 9.94. The van der Waals surface area contributed by atoms with Crippen LogP contribution in [0.15, 0.2) is 30.3 Å². The Hall–Kier alpha value is -2.24. The fourth-order valence-corrected chi connectivity index (χ4v) is 3.79. The number of benzene rings is 1. The van der Waals surface area contributed by atoms with Gasteiger partial charge in [-0.1, -0.05) is 44.2 Å². The van der Waals surface area contributed by atoms with Crippen molar-refractivity contribution in [2.45, 2.75) is 78.0 Å². The monoisotopic (exact) mass is 404 g/mol. The van der Waals surface area contributed by atoms with Gasteiger partial charge in [0.25, 0.3) is 0 Å². The van der Waals surface area contributed by atoms with Crippen molar-refractivity contribution < 1.29 is 19.1 Å². The smallest absolute Gasteiger partial charge is 0.411 e. The van der Waals surface area contributed by atoms with Crippen molar-refractivity contribution in [3.05, 3.63) is 35.9 Å². The van der Waals surface area contributed by atoms with Gasteiger partial charge in [-0.15, -0.1) is 0 Å².